The quantitative estimate of drug-likeness (QED) is 0.752. The molecule has 9 heteroatoms. The minimum Gasteiger partial charge on any atom is -0.493 e. The molecule has 1 aromatic heterocycles. The van der Waals surface area contributed by atoms with E-state index >= 15 is 0 Å². The molecule has 0 radical (unpaired) electrons. The van der Waals surface area contributed by atoms with Crippen LogP contribution >= 0.6 is 0 Å². The molecule has 8 nitrogen and oxygen atoms in total. The van der Waals surface area contributed by atoms with Gasteiger partial charge >= 0.3 is 0 Å². The van der Waals surface area contributed by atoms with Crippen molar-refractivity contribution in [3.8, 4) is 5.88 Å². The van der Waals surface area contributed by atoms with Crippen LogP contribution in [0.15, 0.2) is 28.4 Å². The Morgan fingerprint density at radius 1 is 1.33 bits per heavy atom. The van der Waals surface area contributed by atoms with E-state index in [0.717, 1.165) is 6.26 Å². The van der Waals surface area contributed by atoms with Gasteiger partial charge in [-0.05, 0) is 24.1 Å². The highest BCUT2D eigenvalue weighted by Crippen LogP contribution is 2.31. The first-order chi connectivity index (χ1) is 12.8. The van der Waals surface area contributed by atoms with Gasteiger partial charge in [-0.15, -0.1) is 0 Å². The summed E-state index contributed by atoms with van der Waals surface area (Å²) in [6.45, 7) is 2.31. The van der Waals surface area contributed by atoms with Crippen LogP contribution in [0, 0.1) is 0 Å². The maximum atomic E-state index is 13.1. The smallest absolute Gasteiger partial charge is 0.220 e. The normalized spacial score (nSPS) is 14.1. The van der Waals surface area contributed by atoms with E-state index in [9.17, 15) is 18.3 Å². The maximum absolute atomic E-state index is 13.1. The fraction of sp³-hybridized carbons (Fsp3) is 0.389. The SMILES string of the molecule is CCCc1c(C(=O)c2cnn(C)c2O)ccc(S(C)(=O)=O)c1C1=NOCC1. The van der Waals surface area contributed by atoms with Crippen molar-refractivity contribution in [2.75, 3.05) is 12.9 Å². The summed E-state index contributed by atoms with van der Waals surface area (Å²) in [6, 6.07) is 2.92. The molecule has 1 aliphatic rings. The molecule has 27 heavy (non-hydrogen) atoms. The van der Waals surface area contributed by atoms with Gasteiger partial charge in [-0.2, -0.15) is 5.10 Å². The van der Waals surface area contributed by atoms with Crippen LogP contribution in [-0.4, -0.2) is 47.7 Å². The van der Waals surface area contributed by atoms with Crippen molar-refractivity contribution in [3.63, 3.8) is 0 Å². The Balaban J connectivity index is 2.28. The summed E-state index contributed by atoms with van der Waals surface area (Å²) in [4.78, 5) is 18.3. The second kappa shape index (κ2) is 7.15. The molecule has 1 aromatic carbocycles. The first-order valence-electron chi connectivity index (χ1n) is 8.56. The molecule has 3 rings (SSSR count). The fourth-order valence-electron chi connectivity index (χ4n) is 3.19. The number of aromatic nitrogens is 2. The van der Waals surface area contributed by atoms with Crippen LogP contribution in [0.4, 0.5) is 0 Å². The average Bonchev–Trinajstić information content (AvgIpc) is 3.24. The Labute approximate surface area is 157 Å². The third-order valence-corrected chi connectivity index (χ3v) is 5.60. The van der Waals surface area contributed by atoms with Crippen LogP contribution in [-0.2, 0) is 28.1 Å². The largest absolute Gasteiger partial charge is 0.493 e. The molecule has 0 unspecified atom stereocenters. The number of oxime groups is 1. The minimum absolute atomic E-state index is 0.0671. The molecule has 2 aromatic rings. The molecule has 0 spiro atoms. The number of sulfone groups is 1. The number of aryl methyl sites for hydroxylation is 1. The number of benzene rings is 1. The molecule has 0 fully saturated rings. The van der Waals surface area contributed by atoms with E-state index in [1.165, 1.54) is 30.1 Å². The van der Waals surface area contributed by atoms with Gasteiger partial charge in [0.1, 0.15) is 12.2 Å². The topological polar surface area (TPSA) is 111 Å². The molecule has 0 saturated heterocycles. The number of hydrogen-bond donors (Lipinski definition) is 1. The van der Waals surface area contributed by atoms with Crippen molar-refractivity contribution in [1.82, 2.24) is 9.78 Å². The Morgan fingerprint density at radius 2 is 2.07 bits per heavy atom. The molecule has 0 bridgehead atoms. The summed E-state index contributed by atoms with van der Waals surface area (Å²) in [7, 11) is -2.01. The number of rotatable bonds is 6. The van der Waals surface area contributed by atoms with Gasteiger partial charge in [0, 0.05) is 30.9 Å². The van der Waals surface area contributed by atoms with Gasteiger partial charge in [-0.1, -0.05) is 18.5 Å². The van der Waals surface area contributed by atoms with Crippen molar-refractivity contribution in [2.45, 2.75) is 31.1 Å². The highest BCUT2D eigenvalue weighted by molar-refractivity contribution is 7.90. The first kappa shape index (κ1) is 19.1. The molecule has 0 saturated carbocycles. The predicted molar refractivity (Wildman–Crippen MR) is 99.0 cm³/mol. The monoisotopic (exact) mass is 391 g/mol. The molecular weight excluding hydrogens is 370 g/mol. The molecule has 0 atom stereocenters. The number of carbonyl (C=O) groups excluding carboxylic acids is 1. The van der Waals surface area contributed by atoms with E-state index in [-0.39, 0.29) is 16.3 Å². The zero-order valence-electron chi connectivity index (χ0n) is 15.4. The summed E-state index contributed by atoms with van der Waals surface area (Å²) >= 11 is 0. The Hall–Kier alpha value is -2.68. The zero-order chi connectivity index (χ0) is 19.8. The van der Waals surface area contributed by atoms with Crippen molar-refractivity contribution in [1.29, 1.82) is 0 Å². The lowest BCUT2D eigenvalue weighted by Gasteiger charge is -2.16. The average molecular weight is 391 g/mol. The van der Waals surface area contributed by atoms with Crippen LogP contribution in [0.25, 0.3) is 0 Å². The van der Waals surface area contributed by atoms with Gasteiger partial charge in [-0.25, -0.2) is 13.1 Å². The van der Waals surface area contributed by atoms with Gasteiger partial charge < -0.3 is 9.94 Å². The fourth-order valence-corrected chi connectivity index (χ4v) is 4.12. The van der Waals surface area contributed by atoms with Gasteiger partial charge in [0.2, 0.25) is 5.88 Å². The maximum Gasteiger partial charge on any atom is 0.220 e. The van der Waals surface area contributed by atoms with Crippen molar-refractivity contribution in [2.24, 2.45) is 12.2 Å². The van der Waals surface area contributed by atoms with E-state index in [1.807, 2.05) is 6.92 Å². The standard InChI is InChI=1S/C18H21N3O5S/c1-4-5-11-12(17(22)13-10-19-21(2)18(13)23)6-7-15(27(3,24)25)16(11)14-8-9-26-20-14/h6-7,10,23H,4-5,8-9H2,1-3H3. The minimum atomic E-state index is -3.54. The van der Waals surface area contributed by atoms with Crippen molar-refractivity contribution in [3.05, 3.63) is 40.6 Å². The lowest BCUT2D eigenvalue weighted by Crippen LogP contribution is -2.16. The van der Waals surface area contributed by atoms with Crippen LogP contribution < -0.4 is 0 Å². The van der Waals surface area contributed by atoms with Gasteiger partial charge in [0.25, 0.3) is 0 Å². The Kier molecular flexibility index (Phi) is 5.05. The number of aromatic hydroxyl groups is 1. The van der Waals surface area contributed by atoms with E-state index in [2.05, 4.69) is 10.3 Å². The lowest BCUT2D eigenvalue weighted by atomic mass is 9.90. The van der Waals surface area contributed by atoms with E-state index in [4.69, 9.17) is 4.84 Å². The molecule has 0 aliphatic carbocycles. The van der Waals surface area contributed by atoms with Crippen molar-refractivity contribution >= 4 is 21.3 Å². The highest BCUT2D eigenvalue weighted by Gasteiger charge is 2.28. The molecular formula is C18H21N3O5S. The Bertz CT molecular complexity index is 1040. The second-order valence-electron chi connectivity index (χ2n) is 6.44. The molecule has 144 valence electrons. The number of ketones is 1. The molecule has 1 N–H and O–H groups in total. The molecule has 0 amide bonds. The number of hydrogen-bond acceptors (Lipinski definition) is 7. The third kappa shape index (κ3) is 3.46. The van der Waals surface area contributed by atoms with Crippen LogP contribution in [0.3, 0.4) is 0 Å². The molecule has 1 aliphatic heterocycles. The Morgan fingerprint density at radius 3 is 2.59 bits per heavy atom. The number of nitrogens with zero attached hydrogens (tertiary/aromatic N) is 3. The third-order valence-electron chi connectivity index (χ3n) is 4.46. The summed E-state index contributed by atoms with van der Waals surface area (Å²) in [5.74, 6) is -0.650. The highest BCUT2D eigenvalue weighted by atomic mass is 32.2. The van der Waals surface area contributed by atoms with Gasteiger partial charge in [0.05, 0.1) is 16.8 Å². The van der Waals surface area contributed by atoms with Crippen LogP contribution in [0.1, 0.15) is 46.8 Å². The number of carbonyl (C=O) groups is 1. The van der Waals surface area contributed by atoms with E-state index < -0.39 is 15.6 Å². The van der Waals surface area contributed by atoms with Gasteiger partial charge in [-0.3, -0.25) is 4.79 Å². The van der Waals surface area contributed by atoms with Gasteiger partial charge in [0.15, 0.2) is 15.6 Å². The zero-order valence-corrected chi connectivity index (χ0v) is 16.2. The summed E-state index contributed by atoms with van der Waals surface area (Å²) < 4.78 is 25.9. The van der Waals surface area contributed by atoms with Crippen LogP contribution in [0.2, 0.25) is 0 Å². The lowest BCUT2D eigenvalue weighted by molar-refractivity contribution is 0.103. The molecule has 2 heterocycles. The predicted octanol–water partition coefficient (Wildman–Crippen LogP) is 1.84. The van der Waals surface area contributed by atoms with E-state index in [1.54, 1.807) is 0 Å². The first-order valence-corrected chi connectivity index (χ1v) is 10.5. The summed E-state index contributed by atoms with van der Waals surface area (Å²) in [5, 5.41) is 18.0. The van der Waals surface area contributed by atoms with E-state index in [0.29, 0.717) is 48.3 Å². The summed E-state index contributed by atoms with van der Waals surface area (Å²) in [6.07, 6.45) is 4.09. The van der Waals surface area contributed by atoms with Crippen LogP contribution in [0.5, 0.6) is 5.88 Å². The summed E-state index contributed by atoms with van der Waals surface area (Å²) in [5.41, 5.74) is 1.95. The second-order valence-corrected chi connectivity index (χ2v) is 8.43. The van der Waals surface area contributed by atoms with Crippen molar-refractivity contribution < 1.29 is 23.2 Å².